The summed E-state index contributed by atoms with van der Waals surface area (Å²) in [7, 11) is 1.42. The molecule has 8 heteroatoms. The molecule has 0 aliphatic carbocycles. The van der Waals surface area contributed by atoms with Crippen molar-refractivity contribution in [3.63, 3.8) is 0 Å². The Morgan fingerprint density at radius 3 is 2.63 bits per heavy atom. The van der Waals surface area contributed by atoms with Gasteiger partial charge in [0.25, 0.3) is 0 Å². The molecule has 1 aromatic heterocycles. The molecule has 2 rings (SSSR count). The fourth-order valence-corrected chi connectivity index (χ4v) is 1.59. The number of aromatic nitrogens is 1. The number of nitrogens with zero attached hydrogens (tertiary/aromatic N) is 4. The molecule has 0 saturated heterocycles. The van der Waals surface area contributed by atoms with Crippen LogP contribution >= 0.6 is 0 Å². The van der Waals surface area contributed by atoms with E-state index < -0.39 is 11.9 Å². The Bertz CT molecular complexity index is 677. The van der Waals surface area contributed by atoms with E-state index in [4.69, 9.17) is 10.3 Å². The SMILES string of the molecule is COc1ccc2nc(C(F)(F)F)cc(N=[N+]=[N-])c2c1. The van der Waals surface area contributed by atoms with E-state index >= 15 is 0 Å². The van der Waals surface area contributed by atoms with Crippen molar-refractivity contribution in [3.8, 4) is 5.75 Å². The van der Waals surface area contributed by atoms with Crippen LogP contribution in [-0.4, -0.2) is 12.1 Å². The molecule has 0 aliphatic rings. The Hall–Kier alpha value is -2.47. The first-order chi connectivity index (χ1) is 8.95. The smallest absolute Gasteiger partial charge is 0.433 e. The Balaban J connectivity index is 2.79. The van der Waals surface area contributed by atoms with E-state index in [1.165, 1.54) is 25.3 Å². The lowest BCUT2D eigenvalue weighted by molar-refractivity contribution is -0.140. The van der Waals surface area contributed by atoms with E-state index in [0.29, 0.717) is 17.2 Å². The number of hydrogen-bond donors (Lipinski definition) is 0. The van der Waals surface area contributed by atoms with Crippen molar-refractivity contribution >= 4 is 16.6 Å². The summed E-state index contributed by atoms with van der Waals surface area (Å²) >= 11 is 0. The van der Waals surface area contributed by atoms with Gasteiger partial charge in [-0.25, -0.2) is 4.98 Å². The average molecular weight is 268 g/mol. The lowest BCUT2D eigenvalue weighted by Crippen LogP contribution is -2.07. The highest BCUT2D eigenvalue weighted by Crippen LogP contribution is 2.35. The van der Waals surface area contributed by atoms with Gasteiger partial charge in [-0.2, -0.15) is 13.2 Å². The predicted molar refractivity (Wildman–Crippen MR) is 62.1 cm³/mol. The van der Waals surface area contributed by atoms with Crippen molar-refractivity contribution in [2.75, 3.05) is 7.11 Å². The second-order valence-corrected chi connectivity index (χ2v) is 3.60. The minimum atomic E-state index is -4.60. The molecule has 0 atom stereocenters. The number of alkyl halides is 3. The van der Waals surface area contributed by atoms with Crippen molar-refractivity contribution in [1.29, 1.82) is 0 Å². The predicted octanol–water partition coefficient (Wildman–Crippen LogP) is 4.20. The van der Waals surface area contributed by atoms with Crippen LogP contribution in [0.25, 0.3) is 21.3 Å². The molecule has 0 radical (unpaired) electrons. The van der Waals surface area contributed by atoms with Gasteiger partial charge in [0.2, 0.25) is 0 Å². The number of hydrogen-bond acceptors (Lipinski definition) is 3. The molecule has 98 valence electrons. The summed E-state index contributed by atoms with van der Waals surface area (Å²) in [5.74, 6) is 0.434. The van der Waals surface area contributed by atoms with Crippen LogP contribution in [0.15, 0.2) is 29.4 Å². The third-order valence-electron chi connectivity index (χ3n) is 2.44. The Kier molecular flexibility index (Phi) is 3.18. The first-order valence-electron chi connectivity index (χ1n) is 5.07. The molecule has 1 aromatic carbocycles. The first-order valence-corrected chi connectivity index (χ1v) is 5.07. The number of rotatable bonds is 2. The van der Waals surface area contributed by atoms with Crippen LogP contribution in [0.2, 0.25) is 0 Å². The quantitative estimate of drug-likeness (QED) is 0.465. The van der Waals surface area contributed by atoms with E-state index in [0.717, 1.165) is 0 Å². The molecule has 0 N–H and O–H groups in total. The van der Waals surface area contributed by atoms with Gasteiger partial charge in [0.15, 0.2) is 0 Å². The topological polar surface area (TPSA) is 70.9 Å². The van der Waals surface area contributed by atoms with Crippen LogP contribution in [0.4, 0.5) is 18.9 Å². The van der Waals surface area contributed by atoms with Crippen molar-refractivity contribution in [3.05, 3.63) is 40.4 Å². The lowest BCUT2D eigenvalue weighted by atomic mass is 10.1. The summed E-state index contributed by atoms with van der Waals surface area (Å²) < 4.78 is 42.9. The fraction of sp³-hybridized carbons (Fsp3) is 0.182. The van der Waals surface area contributed by atoms with Gasteiger partial charge in [-0.3, -0.25) is 0 Å². The molecule has 19 heavy (non-hydrogen) atoms. The molecule has 0 fully saturated rings. The second kappa shape index (κ2) is 4.66. The standard InChI is InChI=1S/C11H7F3N4O/c1-19-6-2-3-8-7(4-6)9(17-18-15)5-10(16-8)11(12,13)14/h2-5H,1H3. The van der Waals surface area contributed by atoms with Crippen LogP contribution in [0.1, 0.15) is 5.69 Å². The van der Waals surface area contributed by atoms with Gasteiger partial charge in [0, 0.05) is 16.0 Å². The molecular weight excluding hydrogens is 261 g/mol. The summed E-state index contributed by atoms with van der Waals surface area (Å²) in [5.41, 5.74) is 7.26. The molecule has 5 nitrogen and oxygen atoms in total. The highest BCUT2D eigenvalue weighted by atomic mass is 19.4. The number of methoxy groups -OCH3 is 1. The van der Waals surface area contributed by atoms with Gasteiger partial charge in [-0.15, -0.1) is 0 Å². The molecule has 1 heterocycles. The van der Waals surface area contributed by atoms with Crippen molar-refractivity contribution < 1.29 is 17.9 Å². The van der Waals surface area contributed by atoms with E-state index in [9.17, 15) is 13.2 Å². The summed E-state index contributed by atoms with van der Waals surface area (Å²) in [6.07, 6.45) is -4.60. The Morgan fingerprint density at radius 1 is 1.32 bits per heavy atom. The molecule has 0 unspecified atom stereocenters. The van der Waals surface area contributed by atoms with E-state index in [-0.39, 0.29) is 11.2 Å². The summed E-state index contributed by atoms with van der Waals surface area (Å²) in [6, 6.07) is 5.03. The van der Waals surface area contributed by atoms with Gasteiger partial charge >= 0.3 is 6.18 Å². The normalized spacial score (nSPS) is 11.2. The van der Waals surface area contributed by atoms with Crippen LogP contribution in [-0.2, 0) is 6.18 Å². The molecule has 0 bridgehead atoms. The van der Waals surface area contributed by atoms with Crippen LogP contribution in [0, 0.1) is 0 Å². The maximum Gasteiger partial charge on any atom is 0.433 e. The van der Waals surface area contributed by atoms with Gasteiger partial charge < -0.3 is 4.74 Å². The number of pyridine rings is 1. The molecule has 0 amide bonds. The largest absolute Gasteiger partial charge is 0.497 e. The van der Waals surface area contributed by atoms with Crippen molar-refractivity contribution in [2.45, 2.75) is 6.18 Å². The number of benzene rings is 1. The first kappa shape index (κ1) is 13.0. The highest BCUT2D eigenvalue weighted by molar-refractivity contribution is 5.91. The van der Waals surface area contributed by atoms with E-state index in [1.807, 2.05) is 0 Å². The zero-order valence-electron chi connectivity index (χ0n) is 9.64. The van der Waals surface area contributed by atoms with Crippen molar-refractivity contribution in [1.82, 2.24) is 4.98 Å². The van der Waals surface area contributed by atoms with Gasteiger partial charge in [0.05, 0.1) is 12.6 Å². The van der Waals surface area contributed by atoms with Gasteiger partial charge in [-0.05, 0) is 29.8 Å². The molecular formula is C11H7F3N4O. The summed E-state index contributed by atoms with van der Waals surface area (Å²) in [6.45, 7) is 0. The minimum absolute atomic E-state index is 0.0815. The Labute approximate surface area is 105 Å². The third kappa shape index (κ3) is 2.53. The maximum absolute atomic E-state index is 12.7. The average Bonchev–Trinajstić information content (AvgIpc) is 2.37. The summed E-state index contributed by atoms with van der Waals surface area (Å²) in [4.78, 5) is 6.02. The number of halogens is 3. The summed E-state index contributed by atoms with van der Waals surface area (Å²) in [5, 5.41) is 3.57. The minimum Gasteiger partial charge on any atom is -0.497 e. The molecule has 0 spiro atoms. The molecule has 2 aromatic rings. The molecule has 0 saturated carbocycles. The van der Waals surface area contributed by atoms with E-state index in [1.54, 1.807) is 0 Å². The monoisotopic (exact) mass is 268 g/mol. The zero-order valence-corrected chi connectivity index (χ0v) is 9.64. The Morgan fingerprint density at radius 2 is 2.05 bits per heavy atom. The van der Waals surface area contributed by atoms with Crippen LogP contribution < -0.4 is 4.74 Å². The highest BCUT2D eigenvalue weighted by Gasteiger charge is 2.33. The van der Waals surface area contributed by atoms with Crippen molar-refractivity contribution in [2.24, 2.45) is 5.11 Å². The van der Waals surface area contributed by atoms with Gasteiger partial charge in [-0.1, -0.05) is 5.11 Å². The van der Waals surface area contributed by atoms with Crippen LogP contribution in [0.3, 0.4) is 0 Å². The number of azide groups is 1. The maximum atomic E-state index is 12.7. The molecule has 0 aliphatic heterocycles. The number of ether oxygens (including phenoxy) is 1. The second-order valence-electron chi connectivity index (χ2n) is 3.60. The zero-order chi connectivity index (χ0) is 14.0. The third-order valence-corrected chi connectivity index (χ3v) is 2.44. The van der Waals surface area contributed by atoms with Gasteiger partial charge in [0.1, 0.15) is 11.4 Å². The number of fused-ring (bicyclic) bond motifs is 1. The fourth-order valence-electron chi connectivity index (χ4n) is 1.59. The van der Waals surface area contributed by atoms with Crippen LogP contribution in [0.5, 0.6) is 5.75 Å². The lowest BCUT2D eigenvalue weighted by Gasteiger charge is -2.10. The van der Waals surface area contributed by atoms with E-state index in [2.05, 4.69) is 15.0 Å².